The van der Waals surface area contributed by atoms with Crippen LogP contribution < -0.4 is 10.5 Å². The summed E-state index contributed by atoms with van der Waals surface area (Å²) in [5.41, 5.74) is 8.51. The first-order valence-corrected chi connectivity index (χ1v) is 5.46. The number of halogens is 1. The Labute approximate surface area is 104 Å². The van der Waals surface area contributed by atoms with E-state index in [0.29, 0.717) is 16.5 Å². The molecule has 0 unspecified atom stereocenters. The van der Waals surface area contributed by atoms with Crippen LogP contribution in [0.1, 0.15) is 11.1 Å². The molecule has 17 heavy (non-hydrogen) atoms. The smallest absolute Gasteiger partial charge is 0.321 e. The summed E-state index contributed by atoms with van der Waals surface area (Å²) >= 11 is 5.69. The summed E-state index contributed by atoms with van der Waals surface area (Å²) in [6, 6.07) is 3.98. The molecule has 4 nitrogen and oxygen atoms in total. The van der Waals surface area contributed by atoms with Crippen LogP contribution in [0.2, 0.25) is 5.02 Å². The van der Waals surface area contributed by atoms with Crippen molar-refractivity contribution in [3.63, 3.8) is 0 Å². The summed E-state index contributed by atoms with van der Waals surface area (Å²) in [6.45, 7) is 3.89. The Balaban J connectivity index is 2.30. The number of hydrogen-bond donors (Lipinski definition) is 1. The molecule has 0 saturated carbocycles. The van der Waals surface area contributed by atoms with Crippen LogP contribution in [0, 0.1) is 13.8 Å². The van der Waals surface area contributed by atoms with Crippen molar-refractivity contribution in [2.24, 2.45) is 0 Å². The molecule has 1 aromatic carbocycles. The van der Waals surface area contributed by atoms with Gasteiger partial charge in [-0.2, -0.15) is 0 Å². The minimum Gasteiger partial charge on any atom is -0.424 e. The van der Waals surface area contributed by atoms with Crippen molar-refractivity contribution in [3.8, 4) is 11.8 Å². The van der Waals surface area contributed by atoms with Crippen molar-refractivity contribution in [3.05, 3.63) is 40.7 Å². The van der Waals surface area contributed by atoms with Gasteiger partial charge < -0.3 is 10.5 Å². The van der Waals surface area contributed by atoms with E-state index in [9.17, 15) is 0 Å². The van der Waals surface area contributed by atoms with Crippen molar-refractivity contribution in [1.82, 2.24) is 9.97 Å². The summed E-state index contributed by atoms with van der Waals surface area (Å²) < 4.78 is 5.54. The lowest BCUT2D eigenvalue weighted by molar-refractivity contribution is 0.439. The molecule has 0 radical (unpaired) electrons. The quantitative estimate of drug-likeness (QED) is 0.831. The van der Waals surface area contributed by atoms with Gasteiger partial charge in [0, 0.05) is 11.8 Å². The third kappa shape index (κ3) is 2.65. The highest BCUT2D eigenvalue weighted by Gasteiger charge is 2.06. The number of nitrogen functional groups attached to an aromatic ring is 1. The Morgan fingerprint density at radius 3 is 2.41 bits per heavy atom. The fourth-order valence-electron chi connectivity index (χ4n) is 1.41. The fraction of sp³-hybridized carbons (Fsp3) is 0.167. The van der Waals surface area contributed by atoms with E-state index in [1.54, 1.807) is 6.07 Å². The third-order valence-electron chi connectivity index (χ3n) is 2.36. The summed E-state index contributed by atoms with van der Waals surface area (Å²) in [7, 11) is 0. The van der Waals surface area contributed by atoms with Gasteiger partial charge in [0.1, 0.15) is 5.75 Å². The molecule has 1 heterocycles. The molecule has 0 aliphatic carbocycles. The highest BCUT2D eigenvalue weighted by atomic mass is 35.5. The standard InChI is InChI=1S/C12H12ClN3O/c1-7-3-8(2)11(4-10(7)14)17-12-15-5-9(13)6-16-12/h3-6H,14H2,1-2H3. The summed E-state index contributed by atoms with van der Waals surface area (Å²) in [5.74, 6) is 0.649. The largest absolute Gasteiger partial charge is 0.424 e. The number of rotatable bonds is 2. The SMILES string of the molecule is Cc1cc(C)c(Oc2ncc(Cl)cn2)cc1N. The number of benzene rings is 1. The van der Waals surface area contributed by atoms with Gasteiger partial charge in [0.2, 0.25) is 0 Å². The number of ether oxygens (including phenoxy) is 1. The molecule has 0 amide bonds. The van der Waals surface area contributed by atoms with E-state index >= 15 is 0 Å². The second-order valence-corrected chi connectivity index (χ2v) is 4.20. The van der Waals surface area contributed by atoms with E-state index in [4.69, 9.17) is 22.1 Å². The van der Waals surface area contributed by atoms with E-state index in [1.807, 2.05) is 19.9 Å². The highest BCUT2D eigenvalue weighted by Crippen LogP contribution is 2.27. The van der Waals surface area contributed by atoms with Crippen LogP contribution in [0.15, 0.2) is 24.5 Å². The van der Waals surface area contributed by atoms with Crippen LogP contribution >= 0.6 is 11.6 Å². The molecule has 0 fully saturated rings. The predicted octanol–water partition coefficient (Wildman–Crippen LogP) is 3.12. The summed E-state index contributed by atoms with van der Waals surface area (Å²) in [5, 5.41) is 0.470. The van der Waals surface area contributed by atoms with Crippen molar-refractivity contribution in [2.45, 2.75) is 13.8 Å². The number of aromatic nitrogens is 2. The first-order valence-electron chi connectivity index (χ1n) is 5.08. The average Bonchev–Trinajstić information content (AvgIpc) is 2.29. The van der Waals surface area contributed by atoms with Crippen molar-refractivity contribution in [2.75, 3.05) is 5.73 Å². The van der Waals surface area contributed by atoms with Gasteiger partial charge in [-0.25, -0.2) is 9.97 Å². The normalized spacial score (nSPS) is 10.3. The Kier molecular flexibility index (Phi) is 3.15. The number of nitrogens with two attached hydrogens (primary N) is 1. The van der Waals surface area contributed by atoms with Gasteiger partial charge in [0.05, 0.1) is 17.4 Å². The lowest BCUT2D eigenvalue weighted by atomic mass is 10.1. The number of nitrogens with zero attached hydrogens (tertiary/aromatic N) is 2. The Hall–Kier alpha value is -1.81. The third-order valence-corrected chi connectivity index (χ3v) is 2.56. The first-order chi connectivity index (χ1) is 8.06. The molecule has 0 aliphatic rings. The number of anilines is 1. The topological polar surface area (TPSA) is 61.0 Å². The van der Waals surface area contributed by atoms with Crippen molar-refractivity contribution in [1.29, 1.82) is 0 Å². The molecule has 5 heteroatoms. The molecule has 0 spiro atoms. The molecule has 1 aromatic heterocycles. The van der Waals surface area contributed by atoms with Crippen molar-refractivity contribution < 1.29 is 4.74 Å². The van der Waals surface area contributed by atoms with E-state index in [1.165, 1.54) is 12.4 Å². The zero-order valence-corrected chi connectivity index (χ0v) is 10.3. The van der Waals surface area contributed by atoms with Crippen LogP contribution in [0.3, 0.4) is 0 Å². The molecule has 0 atom stereocenters. The van der Waals surface area contributed by atoms with Crippen LogP contribution in [0.5, 0.6) is 11.8 Å². The van der Waals surface area contributed by atoms with Gasteiger partial charge in [-0.15, -0.1) is 0 Å². The molecule has 0 bridgehead atoms. The summed E-state index contributed by atoms with van der Waals surface area (Å²) in [6.07, 6.45) is 2.97. The van der Waals surface area contributed by atoms with E-state index in [2.05, 4.69) is 9.97 Å². The minimum atomic E-state index is 0.251. The van der Waals surface area contributed by atoms with Crippen LogP contribution in [0.25, 0.3) is 0 Å². The van der Waals surface area contributed by atoms with Gasteiger partial charge in [-0.3, -0.25) is 0 Å². The maximum Gasteiger partial charge on any atom is 0.321 e. The zero-order valence-electron chi connectivity index (χ0n) is 9.57. The Morgan fingerprint density at radius 1 is 1.12 bits per heavy atom. The van der Waals surface area contributed by atoms with E-state index < -0.39 is 0 Å². The van der Waals surface area contributed by atoms with E-state index in [0.717, 1.165) is 11.1 Å². The number of aryl methyl sites for hydroxylation is 2. The zero-order chi connectivity index (χ0) is 12.4. The van der Waals surface area contributed by atoms with E-state index in [-0.39, 0.29) is 6.01 Å². The van der Waals surface area contributed by atoms with Crippen LogP contribution in [0.4, 0.5) is 5.69 Å². The average molecular weight is 250 g/mol. The Morgan fingerprint density at radius 2 is 1.76 bits per heavy atom. The van der Waals surface area contributed by atoms with Crippen LogP contribution in [-0.4, -0.2) is 9.97 Å². The maximum absolute atomic E-state index is 5.83. The first kappa shape index (κ1) is 11.7. The van der Waals surface area contributed by atoms with Gasteiger partial charge in [0.15, 0.2) is 0 Å². The molecular weight excluding hydrogens is 238 g/mol. The van der Waals surface area contributed by atoms with Crippen molar-refractivity contribution >= 4 is 17.3 Å². The summed E-state index contributed by atoms with van der Waals surface area (Å²) in [4.78, 5) is 7.92. The fourth-order valence-corrected chi connectivity index (χ4v) is 1.51. The molecule has 2 rings (SSSR count). The lowest BCUT2D eigenvalue weighted by Gasteiger charge is -2.09. The van der Waals surface area contributed by atoms with Gasteiger partial charge in [-0.05, 0) is 25.0 Å². The van der Waals surface area contributed by atoms with Crippen LogP contribution in [-0.2, 0) is 0 Å². The molecule has 0 aliphatic heterocycles. The predicted molar refractivity (Wildman–Crippen MR) is 67.4 cm³/mol. The van der Waals surface area contributed by atoms with Gasteiger partial charge in [0.25, 0.3) is 0 Å². The molecule has 2 aromatic rings. The van der Waals surface area contributed by atoms with Gasteiger partial charge >= 0.3 is 6.01 Å². The highest BCUT2D eigenvalue weighted by molar-refractivity contribution is 6.30. The second kappa shape index (κ2) is 4.59. The molecule has 0 saturated heterocycles. The maximum atomic E-state index is 5.83. The molecular formula is C12H12ClN3O. The molecule has 2 N–H and O–H groups in total. The second-order valence-electron chi connectivity index (χ2n) is 3.76. The Bertz CT molecular complexity index is 540. The minimum absolute atomic E-state index is 0.251. The van der Waals surface area contributed by atoms with Gasteiger partial charge in [-0.1, -0.05) is 17.7 Å². The molecule has 88 valence electrons. The lowest BCUT2D eigenvalue weighted by Crippen LogP contribution is -1.96. The monoisotopic (exact) mass is 249 g/mol. The number of hydrogen-bond acceptors (Lipinski definition) is 4.